The lowest BCUT2D eigenvalue weighted by molar-refractivity contribution is 0.407. The summed E-state index contributed by atoms with van der Waals surface area (Å²) in [6.07, 6.45) is 3.08. The zero-order valence-corrected chi connectivity index (χ0v) is 18.0. The van der Waals surface area contributed by atoms with Crippen molar-refractivity contribution in [2.24, 2.45) is 0 Å². The molecule has 0 fully saturated rings. The first kappa shape index (κ1) is 18.8. The molecule has 3 aromatic carbocycles. The molecule has 3 heteroatoms. The van der Waals surface area contributed by atoms with Gasteiger partial charge in [0.1, 0.15) is 5.75 Å². The Morgan fingerprint density at radius 1 is 0.867 bits per heavy atom. The highest BCUT2D eigenvalue weighted by atomic mass is 16.5. The number of methoxy groups -OCH3 is 1. The molecule has 3 nitrogen and oxygen atoms in total. The van der Waals surface area contributed by atoms with Crippen LogP contribution in [0.2, 0.25) is 0 Å². The van der Waals surface area contributed by atoms with Gasteiger partial charge in [-0.2, -0.15) is 0 Å². The SMILES string of the molecule is COc1c(C)c(C)c2c(c1C)[C@@H]1Cc3ccccc3[C@@H]1N2.c1ccc2[nH]ccc2c1. The first-order chi connectivity index (χ1) is 14.6. The van der Waals surface area contributed by atoms with Gasteiger partial charge in [0.15, 0.2) is 0 Å². The molecule has 1 aliphatic heterocycles. The van der Waals surface area contributed by atoms with Gasteiger partial charge in [0.05, 0.1) is 13.2 Å². The van der Waals surface area contributed by atoms with Gasteiger partial charge in [0, 0.05) is 23.3 Å². The Kier molecular flexibility index (Phi) is 4.54. The molecule has 0 spiro atoms. The van der Waals surface area contributed by atoms with Crippen LogP contribution in [0.3, 0.4) is 0 Å². The fourth-order valence-corrected chi connectivity index (χ4v) is 5.30. The minimum atomic E-state index is 0.431. The zero-order chi connectivity index (χ0) is 20.8. The van der Waals surface area contributed by atoms with Gasteiger partial charge in [0.25, 0.3) is 0 Å². The summed E-state index contributed by atoms with van der Waals surface area (Å²) in [5.41, 5.74) is 10.9. The molecule has 152 valence electrons. The Morgan fingerprint density at radius 2 is 1.63 bits per heavy atom. The van der Waals surface area contributed by atoms with Crippen molar-refractivity contribution in [3.63, 3.8) is 0 Å². The summed E-state index contributed by atoms with van der Waals surface area (Å²) < 4.78 is 5.68. The molecule has 6 rings (SSSR count). The molecular formula is C27H28N2O. The number of aromatic amines is 1. The Morgan fingerprint density at radius 3 is 2.43 bits per heavy atom. The van der Waals surface area contributed by atoms with Crippen molar-refractivity contribution in [3.8, 4) is 5.75 Å². The van der Waals surface area contributed by atoms with Crippen molar-refractivity contribution >= 4 is 16.6 Å². The van der Waals surface area contributed by atoms with Gasteiger partial charge in [0.2, 0.25) is 0 Å². The van der Waals surface area contributed by atoms with Crippen LogP contribution < -0.4 is 10.1 Å². The fraction of sp³-hybridized carbons (Fsp3) is 0.259. The number of hydrogen-bond donors (Lipinski definition) is 2. The van der Waals surface area contributed by atoms with Crippen LogP contribution in [0.25, 0.3) is 10.9 Å². The zero-order valence-electron chi connectivity index (χ0n) is 18.0. The number of H-pyrrole nitrogens is 1. The second-order valence-corrected chi connectivity index (χ2v) is 8.39. The van der Waals surface area contributed by atoms with Crippen molar-refractivity contribution in [3.05, 3.63) is 94.2 Å². The summed E-state index contributed by atoms with van der Waals surface area (Å²) in [5.74, 6) is 1.61. The largest absolute Gasteiger partial charge is 0.496 e. The maximum Gasteiger partial charge on any atom is 0.125 e. The molecular weight excluding hydrogens is 368 g/mol. The molecule has 1 aliphatic carbocycles. The normalized spacial score (nSPS) is 18.1. The monoisotopic (exact) mass is 396 g/mol. The summed E-state index contributed by atoms with van der Waals surface area (Å²) in [6, 6.07) is 19.5. The van der Waals surface area contributed by atoms with Crippen LogP contribution in [-0.2, 0) is 6.42 Å². The minimum Gasteiger partial charge on any atom is -0.496 e. The average Bonchev–Trinajstić information content (AvgIpc) is 3.46. The van der Waals surface area contributed by atoms with Crippen molar-refractivity contribution in [2.75, 3.05) is 12.4 Å². The Balaban J connectivity index is 0.000000178. The Bertz CT molecular complexity index is 1210. The third-order valence-corrected chi connectivity index (χ3v) is 6.86. The van der Waals surface area contributed by atoms with E-state index >= 15 is 0 Å². The summed E-state index contributed by atoms with van der Waals surface area (Å²) >= 11 is 0. The van der Waals surface area contributed by atoms with E-state index in [0.717, 1.165) is 12.2 Å². The number of rotatable bonds is 1. The minimum absolute atomic E-state index is 0.431. The molecule has 2 atom stereocenters. The van der Waals surface area contributed by atoms with E-state index in [9.17, 15) is 0 Å². The Hall–Kier alpha value is -3.20. The molecule has 2 N–H and O–H groups in total. The van der Waals surface area contributed by atoms with Gasteiger partial charge < -0.3 is 15.0 Å². The summed E-state index contributed by atoms with van der Waals surface area (Å²) in [6.45, 7) is 6.57. The van der Waals surface area contributed by atoms with Gasteiger partial charge in [-0.1, -0.05) is 42.5 Å². The van der Waals surface area contributed by atoms with E-state index in [1.165, 1.54) is 50.0 Å². The number of para-hydroxylation sites is 1. The number of ether oxygens (including phenoxy) is 1. The summed E-state index contributed by atoms with van der Waals surface area (Å²) in [7, 11) is 1.78. The molecule has 1 aromatic heterocycles. The van der Waals surface area contributed by atoms with Crippen LogP contribution in [0, 0.1) is 20.8 Å². The van der Waals surface area contributed by atoms with Gasteiger partial charge in [-0.25, -0.2) is 0 Å². The van der Waals surface area contributed by atoms with Gasteiger partial charge in [-0.05, 0) is 78.1 Å². The molecule has 2 heterocycles. The number of hydrogen-bond acceptors (Lipinski definition) is 2. The number of aromatic nitrogens is 1. The van der Waals surface area contributed by atoms with E-state index in [4.69, 9.17) is 4.74 Å². The Labute approximate surface area is 178 Å². The average molecular weight is 397 g/mol. The molecule has 0 bridgehead atoms. The number of nitrogens with one attached hydrogen (secondary N) is 2. The molecule has 0 amide bonds. The van der Waals surface area contributed by atoms with Crippen LogP contribution in [0.15, 0.2) is 60.8 Å². The molecule has 2 aliphatic rings. The van der Waals surface area contributed by atoms with Crippen molar-refractivity contribution < 1.29 is 4.74 Å². The van der Waals surface area contributed by atoms with Crippen molar-refractivity contribution in [1.82, 2.24) is 4.98 Å². The predicted octanol–water partition coefficient (Wildman–Crippen LogP) is 6.59. The maximum absolute atomic E-state index is 5.68. The number of anilines is 1. The molecule has 0 unspecified atom stereocenters. The highest BCUT2D eigenvalue weighted by molar-refractivity contribution is 5.78. The molecule has 30 heavy (non-hydrogen) atoms. The third kappa shape index (κ3) is 2.80. The van der Waals surface area contributed by atoms with E-state index in [2.05, 4.69) is 73.5 Å². The topological polar surface area (TPSA) is 37.0 Å². The summed E-state index contributed by atoms with van der Waals surface area (Å²) in [4.78, 5) is 3.12. The van der Waals surface area contributed by atoms with E-state index in [0.29, 0.717) is 12.0 Å². The molecule has 0 saturated heterocycles. The van der Waals surface area contributed by atoms with Crippen molar-refractivity contribution in [1.29, 1.82) is 0 Å². The van der Waals surface area contributed by atoms with Crippen LogP contribution in [0.5, 0.6) is 5.75 Å². The number of fused-ring (bicyclic) bond motifs is 6. The van der Waals surface area contributed by atoms with Crippen LogP contribution in [-0.4, -0.2) is 12.1 Å². The summed E-state index contributed by atoms with van der Waals surface area (Å²) in [5, 5.41) is 5.07. The van der Waals surface area contributed by atoms with Crippen LogP contribution in [0.4, 0.5) is 5.69 Å². The van der Waals surface area contributed by atoms with Crippen LogP contribution >= 0.6 is 0 Å². The predicted molar refractivity (Wildman–Crippen MR) is 125 cm³/mol. The first-order valence-corrected chi connectivity index (χ1v) is 10.6. The number of benzene rings is 3. The highest BCUT2D eigenvalue weighted by Crippen LogP contribution is 2.55. The quantitative estimate of drug-likeness (QED) is 0.380. The second-order valence-electron chi connectivity index (χ2n) is 8.39. The lowest BCUT2D eigenvalue weighted by atomic mass is 9.88. The van der Waals surface area contributed by atoms with Crippen LogP contribution in [0.1, 0.15) is 45.3 Å². The first-order valence-electron chi connectivity index (χ1n) is 10.6. The fourth-order valence-electron chi connectivity index (χ4n) is 5.30. The van der Waals surface area contributed by atoms with Gasteiger partial charge in [-0.3, -0.25) is 0 Å². The molecule has 4 aromatic rings. The molecule has 0 radical (unpaired) electrons. The lowest BCUT2D eigenvalue weighted by Crippen LogP contribution is -2.05. The van der Waals surface area contributed by atoms with Gasteiger partial charge in [-0.15, -0.1) is 0 Å². The third-order valence-electron chi connectivity index (χ3n) is 6.86. The van der Waals surface area contributed by atoms with E-state index in [1.807, 2.05) is 18.3 Å². The molecule has 0 saturated carbocycles. The van der Waals surface area contributed by atoms with E-state index in [1.54, 1.807) is 7.11 Å². The highest BCUT2D eigenvalue weighted by Gasteiger charge is 2.42. The second kappa shape index (κ2) is 7.24. The lowest BCUT2D eigenvalue weighted by Gasteiger charge is -2.18. The standard InChI is InChI=1S/C19H21NO.C8H7N/c1-10-11(2)19(21-4)12(3)16-15-9-13-7-5-6-8-14(13)18(15)20-17(10)16;1-2-4-8-7(3-1)5-6-9-8/h5-8,15,18,20H,9H2,1-4H3;1-6,9H/t15-,18-;/m0./s1. The maximum atomic E-state index is 5.68. The van der Waals surface area contributed by atoms with Crippen molar-refractivity contribution in [2.45, 2.75) is 39.2 Å². The van der Waals surface area contributed by atoms with E-state index < -0.39 is 0 Å². The van der Waals surface area contributed by atoms with E-state index in [-0.39, 0.29) is 0 Å². The van der Waals surface area contributed by atoms with Gasteiger partial charge >= 0.3 is 0 Å². The smallest absolute Gasteiger partial charge is 0.125 e.